The minimum atomic E-state index is -5.00. The Hall–Kier alpha value is -8.22. The molecule has 0 unspecified atom stereocenters. The summed E-state index contributed by atoms with van der Waals surface area (Å²) in [6.07, 6.45) is 0. The molecule has 8 nitrogen and oxygen atoms in total. The van der Waals surface area contributed by atoms with Crippen molar-refractivity contribution in [1.29, 1.82) is 0 Å². The van der Waals surface area contributed by atoms with E-state index in [0.717, 1.165) is 110 Å². The first-order chi connectivity index (χ1) is 52.0. The van der Waals surface area contributed by atoms with Gasteiger partial charge >= 0.3 is 32.7 Å². The Kier molecular flexibility index (Phi) is 23.7. The Balaban J connectivity index is 0.000000204. The van der Waals surface area contributed by atoms with Gasteiger partial charge in [0.15, 0.2) is 0 Å². The quantitative estimate of drug-likeness (QED) is 0.0694. The molecular formula is C100H112CuO8P2. The van der Waals surface area contributed by atoms with Crippen LogP contribution in [-0.4, -0.2) is 0 Å². The smallest absolute Gasteiger partial charge is 0.736 e. The van der Waals surface area contributed by atoms with Crippen LogP contribution in [0.1, 0.15) is 304 Å². The van der Waals surface area contributed by atoms with E-state index in [1.165, 1.54) is 66.8 Å². The molecule has 1 radical (unpaired) electrons. The van der Waals surface area contributed by atoms with E-state index in [1.807, 2.05) is 24.3 Å². The summed E-state index contributed by atoms with van der Waals surface area (Å²) >= 11 is 0. The molecule has 0 aromatic heterocycles. The average molecular weight is 1570 g/mol. The number of phosphoric ester groups is 2. The molecule has 2 aliphatic rings. The van der Waals surface area contributed by atoms with Gasteiger partial charge in [-0.05, 0) is 227 Å². The Morgan fingerprint density at radius 3 is 0.523 bits per heavy atom. The molecule has 0 amide bonds. The molecule has 0 atom stereocenters. The predicted octanol–water partition coefficient (Wildman–Crippen LogP) is 29.9. The van der Waals surface area contributed by atoms with Gasteiger partial charge < -0.3 is 27.9 Å². The second kappa shape index (κ2) is 32.0. The van der Waals surface area contributed by atoms with Crippen LogP contribution in [0.4, 0.5) is 0 Å². The van der Waals surface area contributed by atoms with E-state index in [4.69, 9.17) is 18.1 Å². The number of hydrogen-bond acceptors (Lipinski definition) is 8. The summed E-state index contributed by atoms with van der Waals surface area (Å²) in [7, 11) is -10.0. The number of benzene rings is 12. The molecule has 0 fully saturated rings. The molecule has 0 N–H and O–H groups in total. The Morgan fingerprint density at radius 1 is 0.225 bits per heavy atom. The molecule has 12 aromatic rings. The Bertz CT molecular complexity index is 4900. The molecule has 2 aliphatic heterocycles. The predicted molar refractivity (Wildman–Crippen MR) is 462 cm³/mol. The normalized spacial score (nSPS) is 13.8. The van der Waals surface area contributed by atoms with Gasteiger partial charge in [-0.15, -0.1) is 0 Å². The summed E-state index contributed by atoms with van der Waals surface area (Å²) in [4.78, 5) is 29.2. The average Bonchev–Trinajstić information content (AvgIpc) is 1.66. The maximum atomic E-state index is 14.6. The van der Waals surface area contributed by atoms with Crippen molar-refractivity contribution in [2.75, 3.05) is 0 Å². The van der Waals surface area contributed by atoms with Crippen LogP contribution in [0.15, 0.2) is 170 Å². The first kappa shape index (κ1) is 82.2. The summed E-state index contributed by atoms with van der Waals surface area (Å²) in [5.74, 6) is 4.01. The maximum Gasteiger partial charge on any atom is 2.00 e. The molecule has 0 saturated heterocycles. The second-order valence-corrected chi connectivity index (χ2v) is 37.3. The Labute approximate surface area is 671 Å². The van der Waals surface area contributed by atoms with Crippen molar-refractivity contribution in [3.8, 4) is 89.8 Å². The van der Waals surface area contributed by atoms with Gasteiger partial charge in [-0.2, -0.15) is 0 Å². The SMILES string of the molecule is CC(C)c1cc(C(C)C)c(-c2cc3ccccc3c3c2OP(=O)([O-])Oc2c(-c4c(C(C)C)cc(C(C)C)cc4C(C)C)cc4ccccc4c2-3)c(C(C)C)c1.CC(C)c1cc(C(C)C)c(-c2cc3ccccc3c3c2OP(=O)([O-])Oc2c(-c4c(C(C)C)cc(C(C)C)cc4C(C)C)cc4ccccc4c2-3)c(C(C)C)c1.[Cu+2]. The summed E-state index contributed by atoms with van der Waals surface area (Å²) in [6.45, 7) is 53.3. The van der Waals surface area contributed by atoms with Gasteiger partial charge in [-0.3, -0.25) is 0 Å². The van der Waals surface area contributed by atoms with Crippen LogP contribution in [0.3, 0.4) is 0 Å². The van der Waals surface area contributed by atoms with Crippen LogP contribution in [0, 0.1) is 0 Å². The maximum absolute atomic E-state index is 14.6. The zero-order chi connectivity index (χ0) is 79.3. The molecule has 0 aliphatic carbocycles. The third-order valence-electron chi connectivity index (χ3n) is 22.9. The molecule has 11 heteroatoms. The van der Waals surface area contributed by atoms with E-state index in [9.17, 15) is 18.9 Å². The van der Waals surface area contributed by atoms with Gasteiger partial charge in [-0.1, -0.05) is 312 Å². The molecule has 2 heterocycles. The van der Waals surface area contributed by atoms with Crippen molar-refractivity contribution < 1.29 is 54.1 Å². The van der Waals surface area contributed by atoms with E-state index in [1.54, 1.807) is 0 Å². The van der Waals surface area contributed by atoms with Crippen molar-refractivity contribution in [2.24, 2.45) is 0 Å². The summed E-state index contributed by atoms with van der Waals surface area (Å²) < 4.78 is 54.7. The summed E-state index contributed by atoms with van der Waals surface area (Å²) in [5, 5.41) is 7.67. The van der Waals surface area contributed by atoms with Gasteiger partial charge in [0.2, 0.25) is 0 Å². The third-order valence-corrected chi connectivity index (χ3v) is 24.6. The van der Waals surface area contributed by atoms with Gasteiger partial charge in [0.25, 0.3) is 0 Å². The van der Waals surface area contributed by atoms with Gasteiger partial charge in [0.05, 0.1) is 0 Å². The fourth-order valence-electron chi connectivity index (χ4n) is 17.0. The van der Waals surface area contributed by atoms with Crippen molar-refractivity contribution in [2.45, 2.75) is 237 Å². The van der Waals surface area contributed by atoms with E-state index < -0.39 is 15.6 Å². The van der Waals surface area contributed by atoms with Crippen molar-refractivity contribution in [1.82, 2.24) is 0 Å². The van der Waals surface area contributed by atoms with Crippen molar-refractivity contribution in [3.63, 3.8) is 0 Å². The zero-order valence-corrected chi connectivity index (χ0v) is 72.3. The van der Waals surface area contributed by atoms with Crippen LogP contribution in [0.2, 0.25) is 0 Å². The van der Waals surface area contributed by atoms with Crippen molar-refractivity contribution in [3.05, 3.63) is 237 Å². The largest absolute Gasteiger partial charge is 2.00 e. The number of hydrogen-bond donors (Lipinski definition) is 0. The molecule has 111 heavy (non-hydrogen) atoms. The summed E-state index contributed by atoms with van der Waals surface area (Å²) in [5.41, 5.74) is 24.7. The Morgan fingerprint density at radius 2 is 0.378 bits per heavy atom. The molecular weight excluding hydrogens is 1450 g/mol. The van der Waals surface area contributed by atoms with Crippen LogP contribution < -0.4 is 27.9 Å². The topological polar surface area (TPSA) is 117 Å². The van der Waals surface area contributed by atoms with Crippen LogP contribution in [0.25, 0.3) is 110 Å². The van der Waals surface area contributed by atoms with Crippen molar-refractivity contribution >= 4 is 58.7 Å². The molecule has 14 rings (SSSR count). The van der Waals surface area contributed by atoms with Gasteiger partial charge in [0, 0.05) is 44.5 Å². The van der Waals surface area contributed by atoms with E-state index in [0.29, 0.717) is 46.7 Å². The fourth-order valence-corrected chi connectivity index (χ4v) is 18.7. The number of rotatable bonds is 16. The molecule has 0 bridgehead atoms. The second-order valence-electron chi connectivity index (χ2n) is 34.8. The molecule has 581 valence electrons. The monoisotopic (exact) mass is 1570 g/mol. The zero-order valence-electron chi connectivity index (χ0n) is 69.6. The van der Waals surface area contributed by atoms with Gasteiger partial charge in [-0.25, -0.2) is 9.13 Å². The minimum Gasteiger partial charge on any atom is -0.736 e. The molecule has 0 spiro atoms. The van der Waals surface area contributed by atoms with Gasteiger partial charge in [0.1, 0.15) is 23.0 Å². The molecule has 0 saturated carbocycles. The minimum absolute atomic E-state index is 0. The number of fused-ring (bicyclic) bond motifs is 14. The molecule has 12 aromatic carbocycles. The van der Waals surface area contributed by atoms with E-state index >= 15 is 0 Å². The van der Waals surface area contributed by atoms with Crippen LogP contribution in [0.5, 0.6) is 23.0 Å². The fraction of sp³-hybridized carbons (Fsp3) is 0.360. The van der Waals surface area contributed by atoms with Crippen LogP contribution >= 0.6 is 15.6 Å². The third kappa shape index (κ3) is 15.5. The first-order valence-electron chi connectivity index (χ1n) is 40.3. The van der Waals surface area contributed by atoms with E-state index in [2.05, 4.69) is 312 Å². The summed E-state index contributed by atoms with van der Waals surface area (Å²) in [6, 6.07) is 60.1. The standard InChI is InChI=1S/2C50H57O4P.Cu/c2*1-27(2)35-23-39(29(5)6)45(40(24-35)30(7)8)43-21-33-17-13-15-19-37(33)47-48-38-20-16-14-18-34(38)22-44(50(48)54-55(51,52)53-49(43)47)46-41(31(9)10)25-36(28(3)4)26-42(46)32(11)12;/h2*13-32H,1-12H3,(H,51,52);/q;;+2/p-2. The number of phosphoric acid groups is 2. The van der Waals surface area contributed by atoms with Crippen LogP contribution in [-0.2, 0) is 26.2 Å². The van der Waals surface area contributed by atoms with E-state index in [-0.39, 0.29) is 64.4 Å². The first-order valence-corrected chi connectivity index (χ1v) is 43.3.